The van der Waals surface area contributed by atoms with Gasteiger partial charge in [0.2, 0.25) is 0 Å². The quantitative estimate of drug-likeness (QED) is 0.155. The van der Waals surface area contributed by atoms with Crippen LogP contribution >= 0.6 is 58.4 Å². The zero-order valence-electron chi connectivity index (χ0n) is 20.6. The van der Waals surface area contributed by atoms with Gasteiger partial charge >= 0.3 is 0 Å². The number of aryl methyl sites for hydroxylation is 2. The van der Waals surface area contributed by atoms with Crippen molar-refractivity contribution in [3.05, 3.63) is 45.1 Å². The van der Waals surface area contributed by atoms with E-state index in [1.54, 1.807) is 0 Å². The van der Waals surface area contributed by atoms with E-state index in [9.17, 15) is 0 Å². The topological polar surface area (TPSA) is 3.24 Å². The summed E-state index contributed by atoms with van der Waals surface area (Å²) < 4.78 is 0. The Morgan fingerprint density at radius 1 is 0.618 bits per heavy atom. The van der Waals surface area contributed by atoms with E-state index in [1.165, 1.54) is 98.2 Å². The molecule has 0 saturated carbocycles. The molecular weight excluding hydrogens is 511 g/mol. The fourth-order valence-electron chi connectivity index (χ4n) is 4.62. The Hall–Kier alpha value is -0.920. The van der Waals surface area contributed by atoms with Crippen LogP contribution in [0.3, 0.4) is 0 Å². The van der Waals surface area contributed by atoms with E-state index in [2.05, 4.69) is 49.9 Å². The summed E-state index contributed by atoms with van der Waals surface area (Å²) in [6.45, 7) is 7.57. The van der Waals surface area contributed by atoms with Gasteiger partial charge in [0.05, 0.1) is 9.75 Å². The molecule has 1 aliphatic heterocycles. The number of rotatable bonds is 13. The standard InChI is InChI=1S/C28H35NS5/c1-4-5-6-7-8-9-10-11-12-13-18-29-27(30)23-24(28(29)31)26(22-17-15-20(3)33-22)34-25(23)21-16-14-19(2)32-21/h14-17H,4-13,18H2,1-3H3. The van der Waals surface area contributed by atoms with Crippen LogP contribution in [0.4, 0.5) is 0 Å². The van der Waals surface area contributed by atoms with Crippen LogP contribution in [0.2, 0.25) is 0 Å². The van der Waals surface area contributed by atoms with Gasteiger partial charge in [-0.3, -0.25) is 0 Å². The number of unbranched alkanes of at least 4 members (excludes halogenated alkanes) is 9. The molecule has 0 N–H and O–H groups in total. The van der Waals surface area contributed by atoms with Crippen molar-refractivity contribution in [2.75, 3.05) is 6.54 Å². The molecule has 0 unspecified atom stereocenters. The molecule has 3 aromatic rings. The zero-order chi connectivity index (χ0) is 24.1. The number of thiocarbonyl (C=S) groups is 2. The Balaban J connectivity index is 1.42. The monoisotopic (exact) mass is 545 g/mol. The number of hydrogen-bond donors (Lipinski definition) is 0. The van der Waals surface area contributed by atoms with Crippen molar-refractivity contribution in [1.29, 1.82) is 0 Å². The summed E-state index contributed by atoms with van der Waals surface area (Å²) in [5.41, 5.74) is 2.42. The third-order valence-corrected chi connectivity index (χ3v) is 10.9. The molecular formula is C28H35NS5. The Labute approximate surface area is 228 Å². The van der Waals surface area contributed by atoms with Crippen LogP contribution in [0.5, 0.6) is 0 Å². The predicted molar refractivity (Wildman–Crippen MR) is 162 cm³/mol. The molecule has 4 heterocycles. The minimum atomic E-state index is 0.938. The van der Waals surface area contributed by atoms with Gasteiger partial charge in [0.1, 0.15) is 9.98 Å². The molecule has 34 heavy (non-hydrogen) atoms. The van der Waals surface area contributed by atoms with Gasteiger partial charge < -0.3 is 4.90 Å². The first-order valence-corrected chi connectivity index (χ1v) is 15.9. The summed E-state index contributed by atoms with van der Waals surface area (Å²) in [6.07, 6.45) is 13.4. The molecule has 0 spiro atoms. The predicted octanol–water partition coefficient (Wildman–Crippen LogP) is 10.4. The molecule has 3 aromatic heterocycles. The van der Waals surface area contributed by atoms with Crippen LogP contribution in [-0.2, 0) is 0 Å². The maximum absolute atomic E-state index is 6.06. The molecule has 1 nitrogen and oxygen atoms in total. The Morgan fingerprint density at radius 3 is 1.47 bits per heavy atom. The highest BCUT2D eigenvalue weighted by molar-refractivity contribution is 7.83. The molecule has 182 valence electrons. The van der Waals surface area contributed by atoms with Crippen molar-refractivity contribution in [2.45, 2.75) is 85.0 Å². The van der Waals surface area contributed by atoms with Crippen molar-refractivity contribution in [3.63, 3.8) is 0 Å². The summed E-state index contributed by atoms with van der Waals surface area (Å²) in [5.74, 6) is 0. The summed E-state index contributed by atoms with van der Waals surface area (Å²) in [7, 11) is 0. The van der Waals surface area contributed by atoms with Crippen molar-refractivity contribution in [3.8, 4) is 19.5 Å². The van der Waals surface area contributed by atoms with Gasteiger partial charge in [0.15, 0.2) is 0 Å². The minimum absolute atomic E-state index is 0.938. The lowest BCUT2D eigenvalue weighted by molar-refractivity contribution is 0.526. The fraction of sp³-hybridized carbons (Fsp3) is 0.500. The van der Waals surface area contributed by atoms with Gasteiger partial charge in [-0.05, 0) is 44.5 Å². The van der Waals surface area contributed by atoms with E-state index in [4.69, 9.17) is 24.4 Å². The number of nitrogens with zero attached hydrogens (tertiary/aromatic N) is 1. The average molecular weight is 546 g/mol. The molecule has 0 bridgehead atoms. The molecule has 0 aromatic carbocycles. The molecule has 0 saturated heterocycles. The largest absolute Gasteiger partial charge is 0.323 e. The van der Waals surface area contributed by atoms with Crippen LogP contribution in [0.25, 0.3) is 19.5 Å². The highest BCUT2D eigenvalue weighted by Gasteiger charge is 2.37. The first-order chi connectivity index (χ1) is 16.5. The van der Waals surface area contributed by atoms with Gasteiger partial charge in [-0.2, -0.15) is 0 Å². The van der Waals surface area contributed by atoms with Crippen molar-refractivity contribution in [1.82, 2.24) is 4.90 Å². The summed E-state index contributed by atoms with van der Waals surface area (Å²) in [5, 5.41) is 0. The Bertz CT molecular complexity index is 1060. The minimum Gasteiger partial charge on any atom is -0.323 e. The Kier molecular flexibility index (Phi) is 9.50. The molecule has 0 atom stereocenters. The zero-order valence-corrected chi connectivity index (χ0v) is 24.7. The first kappa shape index (κ1) is 26.2. The summed E-state index contributed by atoms with van der Waals surface area (Å²) in [4.78, 5) is 12.0. The molecule has 0 amide bonds. The normalized spacial score (nSPS) is 13.3. The second-order valence-electron chi connectivity index (χ2n) is 9.27. The Morgan fingerprint density at radius 2 is 1.06 bits per heavy atom. The first-order valence-electron chi connectivity index (χ1n) is 12.7. The summed E-state index contributed by atoms with van der Waals surface area (Å²) in [6, 6.07) is 8.90. The second kappa shape index (κ2) is 12.4. The third kappa shape index (κ3) is 5.89. The molecule has 0 aliphatic carbocycles. The molecule has 0 fully saturated rings. The van der Waals surface area contributed by atoms with E-state index in [1.807, 2.05) is 34.0 Å². The van der Waals surface area contributed by atoms with E-state index in [0.717, 1.165) is 22.9 Å². The molecule has 6 heteroatoms. The van der Waals surface area contributed by atoms with Crippen molar-refractivity contribution >= 4 is 68.4 Å². The van der Waals surface area contributed by atoms with Gasteiger partial charge in [-0.25, -0.2) is 0 Å². The van der Waals surface area contributed by atoms with Gasteiger partial charge in [0, 0.05) is 37.2 Å². The number of thiophene rings is 3. The van der Waals surface area contributed by atoms with Crippen LogP contribution in [0, 0.1) is 13.8 Å². The lowest BCUT2D eigenvalue weighted by Gasteiger charge is -2.19. The van der Waals surface area contributed by atoms with Crippen molar-refractivity contribution < 1.29 is 0 Å². The second-order valence-corrected chi connectivity index (χ2v) is 13.6. The van der Waals surface area contributed by atoms with E-state index in [-0.39, 0.29) is 0 Å². The highest BCUT2D eigenvalue weighted by Crippen LogP contribution is 2.49. The van der Waals surface area contributed by atoms with Gasteiger partial charge in [0.25, 0.3) is 0 Å². The van der Waals surface area contributed by atoms with Crippen LogP contribution in [-0.4, -0.2) is 21.4 Å². The maximum atomic E-state index is 6.06. The lowest BCUT2D eigenvalue weighted by atomic mass is 10.1. The fourth-order valence-corrected chi connectivity index (χ4v) is 8.85. The number of hydrogen-bond acceptors (Lipinski definition) is 5. The van der Waals surface area contributed by atoms with Crippen molar-refractivity contribution in [2.24, 2.45) is 0 Å². The maximum Gasteiger partial charge on any atom is 0.116 e. The SMILES string of the molecule is CCCCCCCCCCCCN1C(=S)c2c(-c3ccc(C)s3)sc(-c3ccc(C)s3)c2C1=S. The summed E-state index contributed by atoms with van der Waals surface area (Å²) >= 11 is 17.7. The molecule has 0 radical (unpaired) electrons. The molecule has 4 rings (SSSR count). The smallest absolute Gasteiger partial charge is 0.116 e. The van der Waals surface area contributed by atoms with E-state index < -0.39 is 0 Å². The van der Waals surface area contributed by atoms with Crippen LogP contribution < -0.4 is 0 Å². The van der Waals surface area contributed by atoms with Crippen LogP contribution in [0.15, 0.2) is 24.3 Å². The third-order valence-electron chi connectivity index (χ3n) is 6.49. The average Bonchev–Trinajstić information content (AvgIpc) is 3.57. The van der Waals surface area contributed by atoms with Crippen LogP contribution in [0.1, 0.15) is 92.0 Å². The van der Waals surface area contributed by atoms with E-state index >= 15 is 0 Å². The number of fused-ring (bicyclic) bond motifs is 1. The van der Waals surface area contributed by atoms with Gasteiger partial charge in [-0.1, -0.05) is 89.1 Å². The van der Waals surface area contributed by atoms with E-state index in [0.29, 0.717) is 0 Å². The molecule has 1 aliphatic rings. The highest BCUT2D eigenvalue weighted by atomic mass is 32.1. The lowest BCUT2D eigenvalue weighted by Crippen LogP contribution is -2.29. The van der Waals surface area contributed by atoms with Gasteiger partial charge in [-0.15, -0.1) is 34.0 Å².